The highest BCUT2D eigenvalue weighted by Crippen LogP contribution is 2.16. The highest BCUT2D eigenvalue weighted by atomic mass is 14.8. The summed E-state index contributed by atoms with van der Waals surface area (Å²) in [5.41, 5.74) is 0. The van der Waals surface area contributed by atoms with E-state index in [1.807, 2.05) is 0 Å². The van der Waals surface area contributed by atoms with Crippen molar-refractivity contribution < 1.29 is 0 Å². The van der Waals surface area contributed by atoms with E-state index in [1.54, 1.807) is 0 Å². The van der Waals surface area contributed by atoms with Crippen LogP contribution in [0.5, 0.6) is 0 Å². The SMILES string of the molecule is CCCCC(C)C(C)CNCC. The number of unbranched alkanes of at least 4 members (excludes halogenated alkanes) is 1. The van der Waals surface area contributed by atoms with Crippen LogP contribution in [-0.4, -0.2) is 13.1 Å². The van der Waals surface area contributed by atoms with Crippen LogP contribution in [0.4, 0.5) is 0 Å². The van der Waals surface area contributed by atoms with Gasteiger partial charge in [-0.1, -0.05) is 47.0 Å². The molecule has 0 radical (unpaired) electrons. The lowest BCUT2D eigenvalue weighted by molar-refractivity contribution is 0.342. The quantitative estimate of drug-likeness (QED) is 0.621. The fraction of sp³-hybridized carbons (Fsp3) is 1.00. The Morgan fingerprint density at radius 2 is 1.75 bits per heavy atom. The molecule has 2 unspecified atom stereocenters. The van der Waals surface area contributed by atoms with Gasteiger partial charge in [-0.2, -0.15) is 0 Å². The molecule has 0 fully saturated rings. The zero-order valence-electron chi connectivity index (χ0n) is 9.19. The number of nitrogens with one attached hydrogen (secondary N) is 1. The number of hydrogen-bond donors (Lipinski definition) is 1. The van der Waals surface area contributed by atoms with Crippen molar-refractivity contribution in [2.75, 3.05) is 13.1 Å². The van der Waals surface area contributed by atoms with Crippen molar-refractivity contribution >= 4 is 0 Å². The maximum Gasteiger partial charge on any atom is -0.00207 e. The van der Waals surface area contributed by atoms with Crippen molar-refractivity contribution in [3.63, 3.8) is 0 Å². The fourth-order valence-electron chi connectivity index (χ4n) is 1.38. The van der Waals surface area contributed by atoms with Crippen LogP contribution in [-0.2, 0) is 0 Å². The van der Waals surface area contributed by atoms with E-state index in [0.717, 1.165) is 18.4 Å². The Morgan fingerprint density at radius 3 is 2.25 bits per heavy atom. The molecule has 1 nitrogen and oxygen atoms in total. The Labute approximate surface area is 77.9 Å². The van der Waals surface area contributed by atoms with E-state index in [2.05, 4.69) is 33.0 Å². The van der Waals surface area contributed by atoms with E-state index in [1.165, 1.54) is 25.8 Å². The van der Waals surface area contributed by atoms with E-state index < -0.39 is 0 Å². The van der Waals surface area contributed by atoms with Crippen LogP contribution in [0, 0.1) is 11.8 Å². The molecule has 0 aliphatic rings. The second kappa shape index (κ2) is 7.60. The summed E-state index contributed by atoms with van der Waals surface area (Å²) >= 11 is 0. The van der Waals surface area contributed by atoms with E-state index in [-0.39, 0.29) is 0 Å². The minimum atomic E-state index is 0.830. The van der Waals surface area contributed by atoms with Crippen molar-refractivity contribution in [2.45, 2.75) is 47.0 Å². The Hall–Kier alpha value is -0.0400. The van der Waals surface area contributed by atoms with Gasteiger partial charge in [0, 0.05) is 0 Å². The number of rotatable bonds is 7. The molecule has 12 heavy (non-hydrogen) atoms. The second-order valence-corrected chi connectivity index (χ2v) is 3.90. The Balaban J connectivity index is 3.39. The van der Waals surface area contributed by atoms with Gasteiger partial charge in [0.25, 0.3) is 0 Å². The summed E-state index contributed by atoms with van der Waals surface area (Å²) < 4.78 is 0. The van der Waals surface area contributed by atoms with E-state index >= 15 is 0 Å². The average Bonchev–Trinajstić information content (AvgIpc) is 2.10. The van der Waals surface area contributed by atoms with Crippen molar-refractivity contribution in [3.05, 3.63) is 0 Å². The van der Waals surface area contributed by atoms with E-state index in [4.69, 9.17) is 0 Å². The molecule has 0 rings (SSSR count). The predicted molar refractivity (Wildman–Crippen MR) is 56.4 cm³/mol. The van der Waals surface area contributed by atoms with Crippen LogP contribution in [0.1, 0.15) is 47.0 Å². The van der Waals surface area contributed by atoms with Crippen molar-refractivity contribution in [2.24, 2.45) is 11.8 Å². The van der Waals surface area contributed by atoms with Gasteiger partial charge < -0.3 is 5.32 Å². The molecular weight excluding hydrogens is 146 g/mol. The molecule has 1 heteroatoms. The van der Waals surface area contributed by atoms with Gasteiger partial charge in [-0.15, -0.1) is 0 Å². The summed E-state index contributed by atoms with van der Waals surface area (Å²) in [6, 6.07) is 0. The fourth-order valence-corrected chi connectivity index (χ4v) is 1.38. The minimum Gasteiger partial charge on any atom is -0.317 e. The first-order chi connectivity index (χ1) is 5.72. The molecule has 1 N–H and O–H groups in total. The highest BCUT2D eigenvalue weighted by Gasteiger charge is 2.10. The van der Waals surface area contributed by atoms with Crippen LogP contribution in [0.2, 0.25) is 0 Å². The Morgan fingerprint density at radius 1 is 1.08 bits per heavy atom. The Kier molecular flexibility index (Phi) is 7.58. The normalized spacial score (nSPS) is 16.0. The number of hydrogen-bond acceptors (Lipinski definition) is 1. The molecule has 2 atom stereocenters. The first kappa shape index (κ1) is 12.0. The zero-order valence-corrected chi connectivity index (χ0v) is 9.19. The molecule has 0 amide bonds. The summed E-state index contributed by atoms with van der Waals surface area (Å²) in [6.45, 7) is 11.4. The van der Waals surface area contributed by atoms with Crippen LogP contribution >= 0.6 is 0 Å². The molecule has 0 aromatic rings. The lowest BCUT2D eigenvalue weighted by Gasteiger charge is -2.19. The van der Waals surface area contributed by atoms with Crippen molar-refractivity contribution in [1.82, 2.24) is 5.32 Å². The standard InChI is InChI=1S/C11H25N/c1-5-7-8-10(3)11(4)9-12-6-2/h10-12H,5-9H2,1-4H3. The average molecular weight is 171 g/mol. The van der Waals surface area contributed by atoms with Gasteiger partial charge in [0.1, 0.15) is 0 Å². The summed E-state index contributed by atoms with van der Waals surface area (Å²) in [5, 5.41) is 3.41. The molecule has 0 aromatic carbocycles. The highest BCUT2D eigenvalue weighted by molar-refractivity contribution is 4.63. The van der Waals surface area contributed by atoms with E-state index in [9.17, 15) is 0 Å². The molecular formula is C11H25N. The lowest BCUT2D eigenvalue weighted by atomic mass is 9.91. The molecule has 74 valence electrons. The van der Waals surface area contributed by atoms with Crippen LogP contribution in [0.25, 0.3) is 0 Å². The second-order valence-electron chi connectivity index (χ2n) is 3.90. The summed E-state index contributed by atoms with van der Waals surface area (Å²) in [4.78, 5) is 0. The minimum absolute atomic E-state index is 0.830. The van der Waals surface area contributed by atoms with E-state index in [0.29, 0.717) is 0 Å². The van der Waals surface area contributed by atoms with Gasteiger partial charge >= 0.3 is 0 Å². The van der Waals surface area contributed by atoms with Crippen LogP contribution in [0.15, 0.2) is 0 Å². The van der Waals surface area contributed by atoms with Crippen molar-refractivity contribution in [1.29, 1.82) is 0 Å². The summed E-state index contributed by atoms with van der Waals surface area (Å²) in [5.74, 6) is 1.71. The molecule has 0 saturated heterocycles. The third kappa shape index (κ3) is 5.59. The van der Waals surface area contributed by atoms with Crippen LogP contribution < -0.4 is 5.32 Å². The molecule has 0 spiro atoms. The van der Waals surface area contributed by atoms with Gasteiger partial charge in [-0.05, 0) is 24.9 Å². The smallest absolute Gasteiger partial charge is 0.00207 e. The predicted octanol–water partition coefficient (Wildman–Crippen LogP) is 3.06. The van der Waals surface area contributed by atoms with Crippen LogP contribution in [0.3, 0.4) is 0 Å². The lowest BCUT2D eigenvalue weighted by Crippen LogP contribution is -2.24. The van der Waals surface area contributed by atoms with Crippen molar-refractivity contribution in [3.8, 4) is 0 Å². The Bertz CT molecular complexity index is 79.0. The van der Waals surface area contributed by atoms with Gasteiger partial charge in [-0.25, -0.2) is 0 Å². The first-order valence-corrected chi connectivity index (χ1v) is 5.43. The molecule has 0 aromatic heterocycles. The van der Waals surface area contributed by atoms with Gasteiger partial charge in [0.05, 0.1) is 0 Å². The van der Waals surface area contributed by atoms with Gasteiger partial charge in [-0.3, -0.25) is 0 Å². The van der Waals surface area contributed by atoms with Gasteiger partial charge in [0.15, 0.2) is 0 Å². The molecule has 0 aliphatic heterocycles. The first-order valence-electron chi connectivity index (χ1n) is 5.43. The molecule has 0 bridgehead atoms. The topological polar surface area (TPSA) is 12.0 Å². The monoisotopic (exact) mass is 171 g/mol. The zero-order chi connectivity index (χ0) is 9.40. The third-order valence-electron chi connectivity index (χ3n) is 2.70. The molecule has 0 heterocycles. The largest absolute Gasteiger partial charge is 0.317 e. The summed E-state index contributed by atoms with van der Waals surface area (Å²) in [6.07, 6.45) is 4.11. The maximum absolute atomic E-state index is 3.41. The maximum atomic E-state index is 3.41. The third-order valence-corrected chi connectivity index (χ3v) is 2.70. The molecule has 0 aliphatic carbocycles. The summed E-state index contributed by atoms with van der Waals surface area (Å²) in [7, 11) is 0. The molecule has 0 saturated carbocycles. The van der Waals surface area contributed by atoms with Gasteiger partial charge in [0.2, 0.25) is 0 Å².